The normalized spacial score (nSPS) is 55.8. The molecule has 3 aliphatic rings. The molecule has 0 aromatic rings. The maximum Gasteiger partial charge on any atom is 0.225 e. The second-order valence-electron chi connectivity index (χ2n) is 4.39. The summed E-state index contributed by atoms with van der Waals surface area (Å²) >= 11 is 0. The first-order chi connectivity index (χ1) is 5.77. The first-order valence-corrected chi connectivity index (χ1v) is 4.76. The standard InChI is InChI=1S/C9H13NO2/c11-8-6-4-1-2-5(3-4)7(6)9(12)10-8/h4-8,11H,1-3H2,(H,10,12)/t4-,5+,6+,7-,8?/m0/s1. The molecule has 2 aliphatic carbocycles. The molecule has 2 bridgehead atoms. The van der Waals surface area contributed by atoms with E-state index in [4.69, 9.17) is 0 Å². The maximum absolute atomic E-state index is 11.4. The number of aliphatic hydroxyl groups is 1. The zero-order chi connectivity index (χ0) is 8.29. The van der Waals surface area contributed by atoms with E-state index in [0.29, 0.717) is 11.8 Å². The molecule has 3 nitrogen and oxygen atoms in total. The molecule has 1 unspecified atom stereocenters. The third kappa shape index (κ3) is 0.637. The van der Waals surface area contributed by atoms with E-state index in [9.17, 15) is 9.90 Å². The van der Waals surface area contributed by atoms with Gasteiger partial charge in [-0.2, -0.15) is 0 Å². The highest BCUT2D eigenvalue weighted by Gasteiger charge is 2.57. The second kappa shape index (κ2) is 2.02. The fourth-order valence-electron chi connectivity index (χ4n) is 3.52. The summed E-state index contributed by atoms with van der Waals surface area (Å²) in [6.07, 6.45) is 3.06. The molecular weight excluding hydrogens is 154 g/mol. The minimum absolute atomic E-state index is 0.0969. The Bertz CT molecular complexity index is 241. The summed E-state index contributed by atoms with van der Waals surface area (Å²) in [5.41, 5.74) is 0. The Morgan fingerprint density at radius 3 is 2.83 bits per heavy atom. The van der Waals surface area contributed by atoms with Crippen molar-refractivity contribution in [2.75, 3.05) is 0 Å². The molecule has 0 radical (unpaired) electrons. The molecular formula is C9H13NO2. The van der Waals surface area contributed by atoms with Crippen molar-refractivity contribution < 1.29 is 9.90 Å². The summed E-state index contributed by atoms with van der Waals surface area (Å²) in [7, 11) is 0. The lowest BCUT2D eigenvalue weighted by molar-refractivity contribution is -0.124. The van der Waals surface area contributed by atoms with Crippen LogP contribution in [0.5, 0.6) is 0 Å². The molecule has 5 atom stereocenters. The summed E-state index contributed by atoms with van der Waals surface area (Å²) < 4.78 is 0. The van der Waals surface area contributed by atoms with Crippen molar-refractivity contribution in [3.05, 3.63) is 0 Å². The van der Waals surface area contributed by atoms with E-state index in [2.05, 4.69) is 5.32 Å². The fourth-order valence-corrected chi connectivity index (χ4v) is 3.52. The molecule has 0 aromatic heterocycles. The van der Waals surface area contributed by atoms with E-state index < -0.39 is 6.23 Å². The summed E-state index contributed by atoms with van der Waals surface area (Å²) in [6.45, 7) is 0. The maximum atomic E-state index is 11.4. The van der Waals surface area contributed by atoms with E-state index in [1.165, 1.54) is 19.3 Å². The molecule has 12 heavy (non-hydrogen) atoms. The third-order valence-corrected chi connectivity index (χ3v) is 3.94. The van der Waals surface area contributed by atoms with Crippen molar-refractivity contribution in [1.29, 1.82) is 0 Å². The third-order valence-electron chi connectivity index (χ3n) is 3.94. The zero-order valence-corrected chi connectivity index (χ0v) is 6.86. The monoisotopic (exact) mass is 167 g/mol. The Morgan fingerprint density at radius 1 is 1.33 bits per heavy atom. The van der Waals surface area contributed by atoms with E-state index >= 15 is 0 Å². The lowest BCUT2D eigenvalue weighted by Crippen LogP contribution is -2.30. The predicted octanol–water partition coefficient (Wildman–Crippen LogP) is 0.0969. The molecule has 66 valence electrons. The Morgan fingerprint density at radius 2 is 2.08 bits per heavy atom. The Labute approximate surface area is 71.1 Å². The molecule has 0 spiro atoms. The average molecular weight is 167 g/mol. The molecule has 1 saturated heterocycles. The molecule has 1 amide bonds. The highest BCUT2D eigenvalue weighted by molar-refractivity contribution is 5.82. The van der Waals surface area contributed by atoms with Gasteiger partial charge in [0, 0.05) is 11.8 Å². The van der Waals surface area contributed by atoms with Crippen molar-refractivity contribution in [1.82, 2.24) is 5.32 Å². The van der Waals surface area contributed by atoms with Gasteiger partial charge in [0.2, 0.25) is 5.91 Å². The van der Waals surface area contributed by atoms with Gasteiger partial charge in [-0.3, -0.25) is 4.79 Å². The van der Waals surface area contributed by atoms with E-state index in [-0.39, 0.29) is 17.7 Å². The summed E-state index contributed by atoms with van der Waals surface area (Å²) in [6, 6.07) is 0. The molecule has 2 saturated carbocycles. The predicted molar refractivity (Wildman–Crippen MR) is 42.0 cm³/mol. The average Bonchev–Trinajstić information content (AvgIpc) is 2.64. The highest BCUT2D eigenvalue weighted by Crippen LogP contribution is 2.55. The smallest absolute Gasteiger partial charge is 0.225 e. The largest absolute Gasteiger partial charge is 0.373 e. The van der Waals surface area contributed by atoms with Gasteiger partial charge >= 0.3 is 0 Å². The van der Waals surface area contributed by atoms with Crippen LogP contribution in [0, 0.1) is 23.7 Å². The zero-order valence-electron chi connectivity index (χ0n) is 6.86. The van der Waals surface area contributed by atoms with Crippen LogP contribution in [-0.2, 0) is 4.79 Å². The van der Waals surface area contributed by atoms with Gasteiger partial charge in [-0.25, -0.2) is 0 Å². The van der Waals surface area contributed by atoms with Gasteiger partial charge in [0.25, 0.3) is 0 Å². The summed E-state index contributed by atoms with van der Waals surface area (Å²) in [5.74, 6) is 1.70. The Balaban J connectivity index is 1.97. The van der Waals surface area contributed by atoms with Crippen LogP contribution in [0.25, 0.3) is 0 Å². The lowest BCUT2D eigenvalue weighted by atomic mass is 9.81. The van der Waals surface area contributed by atoms with Crippen LogP contribution < -0.4 is 5.32 Å². The van der Waals surface area contributed by atoms with Crippen LogP contribution in [0.3, 0.4) is 0 Å². The minimum atomic E-state index is -0.544. The van der Waals surface area contributed by atoms with Gasteiger partial charge < -0.3 is 10.4 Å². The first-order valence-electron chi connectivity index (χ1n) is 4.76. The van der Waals surface area contributed by atoms with Gasteiger partial charge in [0.1, 0.15) is 6.23 Å². The van der Waals surface area contributed by atoms with Crippen LogP contribution in [0.15, 0.2) is 0 Å². The van der Waals surface area contributed by atoms with Gasteiger partial charge in [-0.15, -0.1) is 0 Å². The number of fused-ring (bicyclic) bond motifs is 5. The molecule has 2 N–H and O–H groups in total. The van der Waals surface area contributed by atoms with E-state index in [0.717, 1.165) is 0 Å². The number of aliphatic hydroxyl groups excluding tert-OH is 1. The van der Waals surface area contributed by atoms with Gasteiger partial charge in [-0.05, 0) is 31.1 Å². The molecule has 3 fully saturated rings. The quantitative estimate of drug-likeness (QED) is 0.537. The number of carbonyl (C=O) groups excluding carboxylic acids is 1. The van der Waals surface area contributed by atoms with E-state index in [1.54, 1.807) is 0 Å². The van der Waals surface area contributed by atoms with Gasteiger partial charge in [-0.1, -0.05) is 0 Å². The number of hydrogen-bond donors (Lipinski definition) is 2. The summed E-state index contributed by atoms with van der Waals surface area (Å²) in [5, 5.41) is 12.2. The van der Waals surface area contributed by atoms with Crippen molar-refractivity contribution in [3.8, 4) is 0 Å². The minimum Gasteiger partial charge on any atom is -0.373 e. The van der Waals surface area contributed by atoms with Gasteiger partial charge in [0.05, 0.1) is 0 Å². The molecule has 3 rings (SSSR count). The Kier molecular flexibility index (Phi) is 1.16. The molecule has 3 heteroatoms. The number of rotatable bonds is 0. The number of nitrogens with one attached hydrogen (secondary N) is 1. The number of carbonyl (C=O) groups is 1. The van der Waals surface area contributed by atoms with Crippen LogP contribution in [0.4, 0.5) is 0 Å². The second-order valence-corrected chi connectivity index (χ2v) is 4.39. The summed E-state index contributed by atoms with van der Waals surface area (Å²) in [4.78, 5) is 11.4. The van der Waals surface area contributed by atoms with E-state index in [1.807, 2.05) is 0 Å². The van der Waals surface area contributed by atoms with Gasteiger partial charge in [0.15, 0.2) is 0 Å². The SMILES string of the molecule is O=C1NC(O)[C@@H]2[C@H]3CC[C@H](C3)[C@H]12. The molecule has 1 heterocycles. The fraction of sp³-hybridized carbons (Fsp3) is 0.889. The molecule has 0 aromatic carbocycles. The van der Waals surface area contributed by atoms with Crippen molar-refractivity contribution >= 4 is 5.91 Å². The van der Waals surface area contributed by atoms with Crippen molar-refractivity contribution in [3.63, 3.8) is 0 Å². The Hall–Kier alpha value is -0.570. The number of hydrogen-bond acceptors (Lipinski definition) is 2. The lowest BCUT2D eigenvalue weighted by Gasteiger charge is -2.23. The highest BCUT2D eigenvalue weighted by atomic mass is 16.3. The topological polar surface area (TPSA) is 49.3 Å². The van der Waals surface area contributed by atoms with Crippen LogP contribution in [0.2, 0.25) is 0 Å². The van der Waals surface area contributed by atoms with Crippen LogP contribution >= 0.6 is 0 Å². The molecule has 1 aliphatic heterocycles. The van der Waals surface area contributed by atoms with Crippen molar-refractivity contribution in [2.24, 2.45) is 23.7 Å². The van der Waals surface area contributed by atoms with Crippen molar-refractivity contribution in [2.45, 2.75) is 25.5 Å². The first kappa shape index (κ1) is 6.89. The van der Waals surface area contributed by atoms with Crippen LogP contribution in [-0.4, -0.2) is 17.2 Å². The van der Waals surface area contributed by atoms with Crippen LogP contribution in [0.1, 0.15) is 19.3 Å². The number of amides is 1.